The van der Waals surface area contributed by atoms with E-state index in [0.717, 1.165) is 17.4 Å². The van der Waals surface area contributed by atoms with Crippen LogP contribution in [0.25, 0.3) is 0 Å². The van der Waals surface area contributed by atoms with Crippen LogP contribution in [-0.2, 0) is 11.2 Å². The van der Waals surface area contributed by atoms with Gasteiger partial charge < -0.3 is 9.47 Å². The Balaban J connectivity index is 1.25. The van der Waals surface area contributed by atoms with Crippen LogP contribution in [0.5, 0.6) is 17.2 Å². The normalized spacial score (nSPS) is 20.8. The van der Waals surface area contributed by atoms with Crippen LogP contribution < -0.4 is 9.47 Å². The van der Waals surface area contributed by atoms with Gasteiger partial charge in [-0.1, -0.05) is 0 Å². The summed E-state index contributed by atoms with van der Waals surface area (Å²) in [5, 5.41) is 0. The minimum absolute atomic E-state index is 0.0190. The summed E-state index contributed by atoms with van der Waals surface area (Å²) in [4.78, 5) is 16.3. The fraction of sp³-hybridized carbons (Fsp3) is 0.217. The Morgan fingerprint density at radius 1 is 0.967 bits per heavy atom. The Labute approximate surface area is 170 Å². The van der Waals surface area contributed by atoms with E-state index >= 15 is 0 Å². The number of fused-ring (bicyclic) bond motifs is 3. The molecule has 0 spiro atoms. The van der Waals surface area contributed by atoms with Gasteiger partial charge in [0.25, 0.3) is 0 Å². The third kappa shape index (κ3) is 3.40. The lowest BCUT2D eigenvalue weighted by molar-refractivity contribution is -0.119. The number of carbonyl (C=O) groups is 1. The molecule has 2 aromatic carbocycles. The van der Waals surface area contributed by atoms with Gasteiger partial charge in [-0.05, 0) is 42.0 Å². The molecule has 4 nitrogen and oxygen atoms in total. The maximum absolute atomic E-state index is 13.8. The van der Waals surface area contributed by atoms with Gasteiger partial charge in [-0.3, -0.25) is 9.78 Å². The molecular formula is C23H16F3NO3. The van der Waals surface area contributed by atoms with E-state index in [1.165, 1.54) is 0 Å². The third-order valence-corrected chi connectivity index (χ3v) is 5.53. The Kier molecular flexibility index (Phi) is 4.46. The van der Waals surface area contributed by atoms with E-state index < -0.39 is 17.5 Å². The second-order valence-corrected chi connectivity index (χ2v) is 7.53. The number of pyridine rings is 1. The van der Waals surface area contributed by atoms with E-state index in [1.54, 1.807) is 24.5 Å². The van der Waals surface area contributed by atoms with Crippen LogP contribution >= 0.6 is 0 Å². The van der Waals surface area contributed by atoms with Crippen LogP contribution in [-0.4, -0.2) is 16.9 Å². The topological polar surface area (TPSA) is 48.4 Å². The van der Waals surface area contributed by atoms with E-state index in [4.69, 9.17) is 9.47 Å². The lowest BCUT2D eigenvalue weighted by Crippen LogP contribution is -2.10. The molecule has 2 aliphatic rings. The highest BCUT2D eigenvalue weighted by atomic mass is 19.2. The maximum atomic E-state index is 13.8. The Hall–Kier alpha value is -3.35. The zero-order valence-electron chi connectivity index (χ0n) is 15.6. The van der Waals surface area contributed by atoms with Crippen molar-refractivity contribution in [3.8, 4) is 17.2 Å². The van der Waals surface area contributed by atoms with Gasteiger partial charge in [-0.15, -0.1) is 0 Å². The molecule has 1 aromatic heterocycles. The van der Waals surface area contributed by atoms with Crippen molar-refractivity contribution in [2.24, 2.45) is 5.92 Å². The number of carbonyl (C=O) groups excluding carboxylic acids is 1. The minimum Gasteiger partial charge on any atom is -0.489 e. The van der Waals surface area contributed by atoms with Gasteiger partial charge in [0.15, 0.2) is 11.6 Å². The van der Waals surface area contributed by atoms with Gasteiger partial charge in [0.2, 0.25) is 0 Å². The smallest absolute Gasteiger partial charge is 0.161 e. The predicted octanol–water partition coefficient (Wildman–Crippen LogP) is 4.97. The van der Waals surface area contributed by atoms with Crippen LogP contribution in [0.3, 0.4) is 0 Å². The first-order valence-corrected chi connectivity index (χ1v) is 9.53. The van der Waals surface area contributed by atoms with Gasteiger partial charge in [0.1, 0.15) is 35.0 Å². The third-order valence-electron chi connectivity index (χ3n) is 5.53. The fourth-order valence-electron chi connectivity index (χ4n) is 4.05. The van der Waals surface area contributed by atoms with Crippen LogP contribution in [0.1, 0.15) is 23.5 Å². The van der Waals surface area contributed by atoms with Crippen LogP contribution in [0.2, 0.25) is 0 Å². The number of Topliss-reactive ketones (excluding diaryl/α,β-unsaturated/α-hetero) is 1. The lowest BCUT2D eigenvalue weighted by Gasteiger charge is -2.11. The van der Waals surface area contributed by atoms with E-state index in [-0.39, 0.29) is 42.1 Å². The van der Waals surface area contributed by atoms with E-state index in [0.29, 0.717) is 17.6 Å². The molecule has 1 saturated carbocycles. The zero-order chi connectivity index (χ0) is 20.8. The van der Waals surface area contributed by atoms with Crippen molar-refractivity contribution in [3.63, 3.8) is 0 Å². The SMILES string of the molecule is O=C(Cc1cc(F)c(F)cc1F)C[C@@H]1[C@H]2Oc3ccc(Oc4ccncc4)cc3[C@@H]12. The number of ether oxygens (including phenoxy) is 2. The zero-order valence-corrected chi connectivity index (χ0v) is 15.6. The fourth-order valence-corrected chi connectivity index (χ4v) is 4.05. The molecule has 2 heterocycles. The second-order valence-electron chi connectivity index (χ2n) is 7.53. The van der Waals surface area contributed by atoms with Crippen molar-refractivity contribution in [2.75, 3.05) is 0 Å². The molecule has 5 rings (SSSR count). The van der Waals surface area contributed by atoms with Crippen LogP contribution in [0.15, 0.2) is 54.9 Å². The summed E-state index contributed by atoms with van der Waals surface area (Å²) in [6.45, 7) is 0. The number of ketones is 1. The van der Waals surface area contributed by atoms with Gasteiger partial charge in [0, 0.05) is 48.7 Å². The molecule has 1 aliphatic heterocycles. The van der Waals surface area contributed by atoms with Crippen molar-refractivity contribution in [3.05, 3.63) is 83.4 Å². The second kappa shape index (κ2) is 7.16. The Morgan fingerprint density at radius 2 is 1.73 bits per heavy atom. The summed E-state index contributed by atoms with van der Waals surface area (Å²) >= 11 is 0. The molecule has 0 saturated heterocycles. The number of nitrogens with zero attached hydrogens (tertiary/aromatic N) is 1. The van der Waals surface area contributed by atoms with Crippen molar-refractivity contribution < 1.29 is 27.4 Å². The van der Waals surface area contributed by atoms with Crippen molar-refractivity contribution in [1.29, 1.82) is 0 Å². The number of rotatable bonds is 6. The molecule has 3 aromatic rings. The minimum atomic E-state index is -1.27. The molecule has 1 fully saturated rings. The van der Waals surface area contributed by atoms with Gasteiger partial charge >= 0.3 is 0 Å². The quantitative estimate of drug-likeness (QED) is 0.538. The monoisotopic (exact) mass is 411 g/mol. The first-order valence-electron chi connectivity index (χ1n) is 9.53. The van der Waals surface area contributed by atoms with Crippen LogP contribution in [0, 0.1) is 23.4 Å². The number of hydrogen-bond donors (Lipinski definition) is 0. The molecule has 0 bridgehead atoms. The van der Waals surface area contributed by atoms with Crippen molar-refractivity contribution >= 4 is 5.78 Å². The molecular weight excluding hydrogens is 395 g/mol. The Bertz CT molecular complexity index is 1140. The highest BCUT2D eigenvalue weighted by molar-refractivity contribution is 5.82. The van der Waals surface area contributed by atoms with E-state index in [1.807, 2.05) is 18.2 Å². The molecule has 0 amide bonds. The predicted molar refractivity (Wildman–Crippen MR) is 101 cm³/mol. The molecule has 3 atom stereocenters. The summed E-state index contributed by atoms with van der Waals surface area (Å²) in [6, 6.07) is 10.3. The number of hydrogen-bond acceptors (Lipinski definition) is 4. The molecule has 30 heavy (non-hydrogen) atoms. The maximum Gasteiger partial charge on any atom is 0.161 e. The standard InChI is InChI=1S/C23H16F3NO3/c24-18-11-20(26)19(25)8-12(18)7-13(28)9-17-22-16-10-15(1-2-21(16)30-23(17)22)29-14-3-5-27-6-4-14/h1-6,8,10-11,17,22-23H,7,9H2/t17-,22-,23+/m0/s1. The summed E-state index contributed by atoms with van der Waals surface area (Å²) in [6.07, 6.45) is 3.08. The largest absolute Gasteiger partial charge is 0.489 e. The number of benzene rings is 2. The summed E-state index contributed by atoms with van der Waals surface area (Å²) in [5.41, 5.74) is 0.836. The first-order chi connectivity index (χ1) is 14.5. The average Bonchev–Trinajstić information content (AvgIpc) is 3.23. The first kappa shape index (κ1) is 18.7. The molecule has 0 radical (unpaired) electrons. The number of aromatic nitrogens is 1. The molecule has 0 unspecified atom stereocenters. The summed E-state index contributed by atoms with van der Waals surface area (Å²) in [7, 11) is 0. The molecule has 152 valence electrons. The van der Waals surface area contributed by atoms with Gasteiger partial charge in [0.05, 0.1) is 0 Å². The van der Waals surface area contributed by atoms with Crippen molar-refractivity contribution in [2.45, 2.75) is 24.9 Å². The molecule has 7 heteroatoms. The molecule has 0 N–H and O–H groups in total. The van der Waals surface area contributed by atoms with E-state index in [9.17, 15) is 18.0 Å². The highest BCUT2D eigenvalue weighted by Gasteiger charge is 2.59. The van der Waals surface area contributed by atoms with Crippen LogP contribution in [0.4, 0.5) is 13.2 Å². The summed E-state index contributed by atoms with van der Waals surface area (Å²) in [5.74, 6) is -1.46. The number of halogens is 3. The van der Waals surface area contributed by atoms with Gasteiger partial charge in [-0.25, -0.2) is 13.2 Å². The summed E-state index contributed by atoms with van der Waals surface area (Å²) < 4.78 is 51.9. The highest BCUT2D eigenvalue weighted by Crippen LogP contribution is 2.60. The molecule has 1 aliphatic carbocycles. The van der Waals surface area contributed by atoms with Crippen molar-refractivity contribution in [1.82, 2.24) is 4.98 Å². The average molecular weight is 411 g/mol. The Morgan fingerprint density at radius 3 is 2.53 bits per heavy atom. The van der Waals surface area contributed by atoms with E-state index in [2.05, 4.69) is 4.98 Å². The van der Waals surface area contributed by atoms with Gasteiger partial charge in [-0.2, -0.15) is 0 Å². The lowest BCUT2D eigenvalue weighted by atomic mass is 10.0.